The van der Waals surface area contributed by atoms with E-state index in [0.717, 1.165) is 11.3 Å². The molecule has 2 aromatic rings. The summed E-state index contributed by atoms with van der Waals surface area (Å²) in [5, 5.41) is 2.87. The van der Waals surface area contributed by atoms with Crippen LogP contribution in [0.2, 0.25) is 0 Å². The highest BCUT2D eigenvalue weighted by molar-refractivity contribution is 5.91. The fourth-order valence-electron chi connectivity index (χ4n) is 3.10. The Morgan fingerprint density at radius 3 is 2.81 bits per heavy atom. The first kappa shape index (κ1) is 18.4. The van der Waals surface area contributed by atoms with Gasteiger partial charge in [0.2, 0.25) is 5.91 Å². The predicted molar refractivity (Wildman–Crippen MR) is 100 cm³/mol. The highest BCUT2D eigenvalue weighted by atomic mass is 19.1. The molecule has 26 heavy (non-hydrogen) atoms. The average Bonchev–Trinajstić information content (AvgIpc) is 3.14. The van der Waals surface area contributed by atoms with Gasteiger partial charge in [0.1, 0.15) is 17.3 Å². The third kappa shape index (κ3) is 4.61. The predicted octanol–water partition coefficient (Wildman–Crippen LogP) is 3.97. The van der Waals surface area contributed by atoms with Gasteiger partial charge in [0, 0.05) is 18.5 Å². The standard InChI is InChI=1S/C21H25FN2O2/c1-14-11-18(14)20-9-7-17(26-20)8-10-21(25)23-13-19(24(2)3)15-5-4-6-16(22)12-15/h4-10,12,14,18-19H,11,13H2,1-3H3,(H,23,25)/b10-8+. The van der Waals surface area contributed by atoms with E-state index >= 15 is 0 Å². The Kier molecular flexibility index (Phi) is 5.57. The second kappa shape index (κ2) is 7.87. The van der Waals surface area contributed by atoms with Crippen molar-refractivity contribution < 1.29 is 13.6 Å². The number of likely N-dealkylation sites (N-methyl/N-ethyl adjacent to an activating group) is 1. The van der Waals surface area contributed by atoms with Gasteiger partial charge >= 0.3 is 0 Å². The number of rotatable bonds is 7. The molecule has 1 aliphatic carbocycles. The Balaban J connectivity index is 1.55. The summed E-state index contributed by atoms with van der Waals surface area (Å²) < 4.78 is 19.2. The number of carbonyl (C=O) groups is 1. The largest absolute Gasteiger partial charge is 0.461 e. The third-order valence-corrected chi connectivity index (χ3v) is 4.85. The molecule has 4 nitrogen and oxygen atoms in total. The smallest absolute Gasteiger partial charge is 0.244 e. The fraction of sp³-hybridized carbons (Fsp3) is 0.381. The summed E-state index contributed by atoms with van der Waals surface area (Å²) in [6.45, 7) is 2.60. The number of carbonyl (C=O) groups excluding carboxylic acids is 1. The number of hydrogen-bond acceptors (Lipinski definition) is 3. The van der Waals surface area contributed by atoms with Crippen molar-refractivity contribution >= 4 is 12.0 Å². The van der Waals surface area contributed by atoms with Crippen molar-refractivity contribution in [1.29, 1.82) is 0 Å². The monoisotopic (exact) mass is 356 g/mol. The second-order valence-electron chi connectivity index (χ2n) is 7.17. The SMILES string of the molecule is CC1CC1c1ccc(/C=C/C(=O)NCC(c2cccc(F)c2)N(C)C)o1. The molecule has 5 heteroatoms. The molecule has 1 amide bonds. The lowest BCUT2D eigenvalue weighted by Gasteiger charge is -2.24. The fourth-order valence-corrected chi connectivity index (χ4v) is 3.10. The molecule has 138 valence electrons. The molecular weight excluding hydrogens is 331 g/mol. The molecule has 3 rings (SSSR count). The molecule has 0 spiro atoms. The van der Waals surface area contributed by atoms with Gasteiger partial charge in [0.05, 0.1) is 6.04 Å². The van der Waals surface area contributed by atoms with Crippen LogP contribution in [0.25, 0.3) is 6.08 Å². The van der Waals surface area contributed by atoms with Crippen molar-refractivity contribution in [1.82, 2.24) is 10.2 Å². The minimum absolute atomic E-state index is 0.102. The van der Waals surface area contributed by atoms with Gasteiger partial charge < -0.3 is 14.6 Å². The van der Waals surface area contributed by atoms with Crippen molar-refractivity contribution in [3.05, 3.63) is 65.4 Å². The van der Waals surface area contributed by atoms with Gasteiger partial charge in [-0.2, -0.15) is 0 Å². The first-order valence-corrected chi connectivity index (χ1v) is 8.91. The Hall–Kier alpha value is -2.40. The Morgan fingerprint density at radius 1 is 1.38 bits per heavy atom. The van der Waals surface area contributed by atoms with Crippen LogP contribution in [0.1, 0.15) is 42.4 Å². The van der Waals surface area contributed by atoms with E-state index in [9.17, 15) is 9.18 Å². The summed E-state index contributed by atoms with van der Waals surface area (Å²) in [4.78, 5) is 14.1. The lowest BCUT2D eigenvalue weighted by atomic mass is 10.1. The summed E-state index contributed by atoms with van der Waals surface area (Å²) >= 11 is 0. The number of nitrogens with one attached hydrogen (secondary N) is 1. The third-order valence-electron chi connectivity index (χ3n) is 4.85. The Labute approximate surface area is 153 Å². The summed E-state index contributed by atoms with van der Waals surface area (Å²) in [5.41, 5.74) is 0.827. The van der Waals surface area contributed by atoms with Gasteiger partial charge in [-0.3, -0.25) is 4.79 Å². The van der Waals surface area contributed by atoms with Crippen LogP contribution in [0.15, 0.2) is 46.9 Å². The number of benzene rings is 1. The highest BCUT2D eigenvalue weighted by Gasteiger charge is 2.36. The lowest BCUT2D eigenvalue weighted by Crippen LogP contribution is -2.33. The van der Waals surface area contributed by atoms with Crippen molar-refractivity contribution in [2.24, 2.45) is 5.92 Å². The topological polar surface area (TPSA) is 45.5 Å². The van der Waals surface area contributed by atoms with Crippen molar-refractivity contribution in [3.8, 4) is 0 Å². The van der Waals surface area contributed by atoms with E-state index in [1.807, 2.05) is 37.2 Å². The maximum absolute atomic E-state index is 13.5. The number of halogens is 1. The maximum atomic E-state index is 13.5. The molecule has 0 aliphatic heterocycles. The van der Waals surface area contributed by atoms with Crippen LogP contribution < -0.4 is 5.32 Å². The molecule has 1 fully saturated rings. The molecular formula is C21H25FN2O2. The van der Waals surface area contributed by atoms with E-state index in [-0.39, 0.29) is 17.8 Å². The summed E-state index contributed by atoms with van der Waals surface area (Å²) in [6, 6.07) is 10.2. The Bertz CT molecular complexity index is 797. The van der Waals surface area contributed by atoms with Gasteiger partial charge in [0.25, 0.3) is 0 Å². The molecule has 0 radical (unpaired) electrons. The van der Waals surface area contributed by atoms with Crippen molar-refractivity contribution in [3.63, 3.8) is 0 Å². The lowest BCUT2D eigenvalue weighted by molar-refractivity contribution is -0.116. The average molecular weight is 356 g/mol. The van der Waals surface area contributed by atoms with Gasteiger partial charge in [-0.1, -0.05) is 19.1 Å². The van der Waals surface area contributed by atoms with E-state index < -0.39 is 0 Å². The van der Waals surface area contributed by atoms with Gasteiger partial charge in [-0.15, -0.1) is 0 Å². The molecule has 3 atom stereocenters. The zero-order valence-electron chi connectivity index (χ0n) is 15.4. The molecule has 1 heterocycles. The molecule has 0 saturated heterocycles. The van der Waals surface area contributed by atoms with Crippen LogP contribution in [0.5, 0.6) is 0 Å². The van der Waals surface area contributed by atoms with Gasteiger partial charge in [-0.25, -0.2) is 4.39 Å². The van der Waals surface area contributed by atoms with Crippen LogP contribution >= 0.6 is 0 Å². The molecule has 1 aliphatic rings. The van der Waals surface area contributed by atoms with Crippen molar-refractivity contribution in [2.75, 3.05) is 20.6 Å². The van der Waals surface area contributed by atoms with Crippen molar-refractivity contribution in [2.45, 2.75) is 25.3 Å². The summed E-state index contributed by atoms with van der Waals surface area (Å²) in [7, 11) is 3.81. The quantitative estimate of drug-likeness (QED) is 0.764. The zero-order chi connectivity index (χ0) is 18.7. The first-order chi connectivity index (χ1) is 12.4. The van der Waals surface area contributed by atoms with Crippen LogP contribution in [-0.2, 0) is 4.79 Å². The number of furan rings is 1. The minimum atomic E-state index is -0.279. The minimum Gasteiger partial charge on any atom is -0.461 e. The molecule has 1 saturated carbocycles. The van der Waals surface area contributed by atoms with Crippen LogP contribution in [0.3, 0.4) is 0 Å². The normalized spacial score (nSPS) is 20.5. The molecule has 1 N–H and O–H groups in total. The highest BCUT2D eigenvalue weighted by Crippen LogP contribution is 2.47. The van der Waals surface area contributed by atoms with Crippen LogP contribution in [-0.4, -0.2) is 31.4 Å². The Morgan fingerprint density at radius 2 is 2.15 bits per heavy atom. The van der Waals surface area contributed by atoms with E-state index in [1.165, 1.54) is 24.6 Å². The van der Waals surface area contributed by atoms with Gasteiger partial charge in [0.15, 0.2) is 0 Å². The van der Waals surface area contributed by atoms with Gasteiger partial charge in [-0.05, 0) is 62.3 Å². The van der Waals surface area contributed by atoms with Crippen LogP contribution in [0, 0.1) is 11.7 Å². The van der Waals surface area contributed by atoms with Crippen LogP contribution in [0.4, 0.5) is 4.39 Å². The first-order valence-electron chi connectivity index (χ1n) is 8.91. The van der Waals surface area contributed by atoms with E-state index in [1.54, 1.807) is 12.1 Å². The molecule has 3 unspecified atom stereocenters. The number of hydrogen-bond donors (Lipinski definition) is 1. The summed E-state index contributed by atoms with van der Waals surface area (Å²) in [5.74, 6) is 2.41. The van der Waals surface area contributed by atoms with E-state index in [0.29, 0.717) is 24.1 Å². The second-order valence-corrected chi connectivity index (χ2v) is 7.17. The maximum Gasteiger partial charge on any atom is 0.244 e. The number of nitrogens with zero attached hydrogens (tertiary/aromatic N) is 1. The zero-order valence-corrected chi connectivity index (χ0v) is 15.4. The van der Waals surface area contributed by atoms with E-state index in [4.69, 9.17) is 4.42 Å². The molecule has 1 aromatic carbocycles. The summed E-state index contributed by atoms with van der Waals surface area (Å²) in [6.07, 6.45) is 4.32. The molecule has 1 aromatic heterocycles. The molecule has 0 bridgehead atoms. The van der Waals surface area contributed by atoms with E-state index in [2.05, 4.69) is 12.2 Å². The number of amides is 1.